The molecule has 1 aliphatic carbocycles. The summed E-state index contributed by atoms with van der Waals surface area (Å²) in [5.41, 5.74) is 0. The Morgan fingerprint density at radius 3 is 2.25 bits per heavy atom. The van der Waals surface area contributed by atoms with E-state index in [0.29, 0.717) is 11.8 Å². The monoisotopic (exact) mass is 232 g/mol. The minimum Gasteiger partial charge on any atom is -0.301 e. The molecule has 0 aromatic carbocycles. The topological polar surface area (TPSA) is 27.0 Å². The zero-order valence-electron chi connectivity index (χ0n) is 9.00. The lowest BCUT2D eigenvalue weighted by Crippen LogP contribution is -2.35. The Hall–Kier alpha value is -0.760. The van der Waals surface area contributed by atoms with Crippen LogP contribution in [0, 0.1) is 29.1 Å². The zero-order chi connectivity index (χ0) is 11.8. The maximum atomic E-state index is 12.4. The van der Waals surface area contributed by atoms with Crippen LogP contribution in [0.4, 0.5) is 13.2 Å². The lowest BCUT2D eigenvalue weighted by atomic mass is 10.0. The molecular formula is C11H15F3N2. The molecule has 3 atom stereocenters. The van der Waals surface area contributed by atoms with E-state index in [0.717, 1.165) is 25.9 Å². The molecule has 2 nitrogen and oxygen atoms in total. The highest BCUT2D eigenvalue weighted by molar-refractivity contribution is 4.95. The van der Waals surface area contributed by atoms with Crippen LogP contribution in [0.15, 0.2) is 0 Å². The van der Waals surface area contributed by atoms with Gasteiger partial charge in [0.2, 0.25) is 0 Å². The SMILES string of the molecule is N#CC(CN1CC2CCCC2C1)C(F)(F)F. The first-order valence-electron chi connectivity index (χ1n) is 5.69. The quantitative estimate of drug-likeness (QED) is 0.731. The molecule has 2 rings (SSSR count). The second-order valence-corrected chi connectivity index (χ2v) is 4.89. The van der Waals surface area contributed by atoms with Gasteiger partial charge in [0.05, 0.1) is 6.07 Å². The normalized spacial score (nSPS) is 32.4. The number of likely N-dealkylation sites (tertiary alicyclic amines) is 1. The summed E-state index contributed by atoms with van der Waals surface area (Å²) >= 11 is 0. The average Bonchev–Trinajstić information content (AvgIpc) is 2.71. The van der Waals surface area contributed by atoms with Crippen molar-refractivity contribution in [3.8, 4) is 6.07 Å². The van der Waals surface area contributed by atoms with E-state index in [9.17, 15) is 13.2 Å². The van der Waals surface area contributed by atoms with E-state index in [2.05, 4.69) is 0 Å². The van der Waals surface area contributed by atoms with Crippen LogP contribution >= 0.6 is 0 Å². The summed E-state index contributed by atoms with van der Waals surface area (Å²) in [5.74, 6) is -0.675. The highest BCUT2D eigenvalue weighted by atomic mass is 19.4. The summed E-state index contributed by atoms with van der Waals surface area (Å²) in [6.07, 6.45) is -0.884. The van der Waals surface area contributed by atoms with Gasteiger partial charge in [-0.3, -0.25) is 0 Å². The van der Waals surface area contributed by atoms with Crippen LogP contribution in [0.3, 0.4) is 0 Å². The number of fused-ring (bicyclic) bond motifs is 1. The first-order chi connectivity index (χ1) is 7.50. The number of nitrogens with zero attached hydrogens (tertiary/aromatic N) is 2. The molecule has 2 fully saturated rings. The minimum absolute atomic E-state index is 0.146. The summed E-state index contributed by atoms with van der Waals surface area (Å²) in [6.45, 7) is 1.35. The van der Waals surface area contributed by atoms with E-state index in [4.69, 9.17) is 5.26 Å². The maximum Gasteiger partial charge on any atom is 0.405 e. The van der Waals surface area contributed by atoms with Crippen molar-refractivity contribution >= 4 is 0 Å². The lowest BCUT2D eigenvalue weighted by molar-refractivity contribution is -0.162. The van der Waals surface area contributed by atoms with Crippen molar-refractivity contribution in [1.29, 1.82) is 5.26 Å². The van der Waals surface area contributed by atoms with Crippen LogP contribution in [-0.2, 0) is 0 Å². The molecule has 16 heavy (non-hydrogen) atoms. The molecule has 1 saturated carbocycles. The van der Waals surface area contributed by atoms with Crippen molar-refractivity contribution in [2.24, 2.45) is 17.8 Å². The molecule has 0 aromatic rings. The molecule has 1 heterocycles. The fourth-order valence-corrected chi connectivity index (χ4v) is 2.96. The minimum atomic E-state index is -4.38. The fraction of sp³-hybridized carbons (Fsp3) is 0.909. The van der Waals surface area contributed by atoms with Gasteiger partial charge >= 0.3 is 6.18 Å². The summed E-state index contributed by atoms with van der Waals surface area (Å²) in [5, 5.41) is 8.53. The molecule has 0 N–H and O–H groups in total. The molecule has 90 valence electrons. The number of rotatable bonds is 2. The van der Waals surface area contributed by atoms with Gasteiger partial charge in [0.25, 0.3) is 0 Å². The molecule has 5 heteroatoms. The van der Waals surface area contributed by atoms with E-state index < -0.39 is 12.1 Å². The zero-order valence-corrected chi connectivity index (χ0v) is 9.00. The van der Waals surface area contributed by atoms with Crippen LogP contribution in [0.5, 0.6) is 0 Å². The van der Waals surface area contributed by atoms with E-state index >= 15 is 0 Å². The fourth-order valence-electron chi connectivity index (χ4n) is 2.96. The molecule has 3 unspecified atom stereocenters. The standard InChI is InChI=1S/C11H15F3N2/c12-11(13,14)10(4-15)7-16-5-8-2-1-3-9(8)6-16/h8-10H,1-3,5-7H2. The Labute approximate surface area is 93.0 Å². The van der Waals surface area contributed by atoms with E-state index in [1.807, 2.05) is 4.90 Å². The molecule has 0 bridgehead atoms. The second kappa shape index (κ2) is 4.25. The Morgan fingerprint density at radius 2 is 1.81 bits per heavy atom. The molecule has 0 radical (unpaired) electrons. The third kappa shape index (κ3) is 2.32. The maximum absolute atomic E-state index is 12.4. The van der Waals surface area contributed by atoms with Gasteiger partial charge in [-0.25, -0.2) is 0 Å². The summed E-state index contributed by atoms with van der Waals surface area (Å²) in [7, 11) is 0. The summed E-state index contributed by atoms with van der Waals surface area (Å²) < 4.78 is 37.2. The Bertz CT molecular complexity index is 283. The van der Waals surface area contributed by atoms with E-state index in [1.54, 1.807) is 0 Å². The predicted molar refractivity (Wildman–Crippen MR) is 52.4 cm³/mol. The molecule has 0 amide bonds. The van der Waals surface area contributed by atoms with Crippen molar-refractivity contribution in [2.45, 2.75) is 25.4 Å². The highest BCUT2D eigenvalue weighted by Crippen LogP contribution is 2.38. The van der Waals surface area contributed by atoms with Crippen LogP contribution in [0.1, 0.15) is 19.3 Å². The van der Waals surface area contributed by atoms with Crippen molar-refractivity contribution in [2.75, 3.05) is 19.6 Å². The molecule has 1 saturated heterocycles. The van der Waals surface area contributed by atoms with Gasteiger partial charge in [-0.1, -0.05) is 6.42 Å². The van der Waals surface area contributed by atoms with Crippen molar-refractivity contribution in [3.63, 3.8) is 0 Å². The first kappa shape index (κ1) is 11.7. The molecule has 0 spiro atoms. The van der Waals surface area contributed by atoms with Gasteiger partial charge in [-0.2, -0.15) is 18.4 Å². The Kier molecular flexibility index (Phi) is 3.11. The van der Waals surface area contributed by atoms with Gasteiger partial charge in [-0.05, 0) is 24.7 Å². The van der Waals surface area contributed by atoms with E-state index in [1.165, 1.54) is 12.5 Å². The van der Waals surface area contributed by atoms with Crippen molar-refractivity contribution in [1.82, 2.24) is 4.90 Å². The first-order valence-corrected chi connectivity index (χ1v) is 5.69. The molecule has 1 aliphatic heterocycles. The smallest absolute Gasteiger partial charge is 0.301 e. The second-order valence-electron chi connectivity index (χ2n) is 4.89. The summed E-state index contributed by atoms with van der Waals surface area (Å²) in [4.78, 5) is 1.82. The largest absolute Gasteiger partial charge is 0.405 e. The van der Waals surface area contributed by atoms with Crippen molar-refractivity contribution in [3.05, 3.63) is 0 Å². The Morgan fingerprint density at radius 1 is 1.25 bits per heavy atom. The van der Waals surface area contributed by atoms with Crippen LogP contribution < -0.4 is 0 Å². The molecule has 2 aliphatic rings. The van der Waals surface area contributed by atoms with Crippen LogP contribution in [-0.4, -0.2) is 30.7 Å². The van der Waals surface area contributed by atoms with Gasteiger partial charge in [0.15, 0.2) is 5.92 Å². The van der Waals surface area contributed by atoms with Gasteiger partial charge < -0.3 is 4.90 Å². The Balaban J connectivity index is 1.89. The van der Waals surface area contributed by atoms with Crippen LogP contribution in [0.25, 0.3) is 0 Å². The number of hydrogen-bond donors (Lipinski definition) is 0. The molecule has 0 aromatic heterocycles. The van der Waals surface area contributed by atoms with Crippen molar-refractivity contribution < 1.29 is 13.2 Å². The summed E-state index contributed by atoms with van der Waals surface area (Å²) in [6, 6.07) is 1.37. The number of nitriles is 1. The third-order valence-corrected chi connectivity index (χ3v) is 3.79. The number of halogens is 3. The third-order valence-electron chi connectivity index (χ3n) is 3.79. The van der Waals surface area contributed by atoms with Gasteiger partial charge in [0, 0.05) is 19.6 Å². The van der Waals surface area contributed by atoms with Gasteiger partial charge in [-0.15, -0.1) is 0 Å². The van der Waals surface area contributed by atoms with E-state index in [-0.39, 0.29) is 6.54 Å². The number of hydrogen-bond acceptors (Lipinski definition) is 2. The predicted octanol–water partition coefficient (Wildman–Crippen LogP) is 2.42. The van der Waals surface area contributed by atoms with Crippen LogP contribution in [0.2, 0.25) is 0 Å². The lowest BCUT2D eigenvalue weighted by Gasteiger charge is -2.21. The molecular weight excluding hydrogens is 217 g/mol. The number of alkyl halides is 3. The average molecular weight is 232 g/mol. The van der Waals surface area contributed by atoms with Gasteiger partial charge in [0.1, 0.15) is 0 Å². The highest BCUT2D eigenvalue weighted by Gasteiger charge is 2.43.